The van der Waals surface area contributed by atoms with Crippen molar-refractivity contribution in [3.8, 4) is 5.75 Å². The second-order valence-electron chi connectivity index (χ2n) is 2.60. The van der Waals surface area contributed by atoms with Gasteiger partial charge in [0.1, 0.15) is 11.6 Å². The number of hydrogen-bond donors (Lipinski definition) is 2. The molecule has 3 N–H and O–H groups in total. The third-order valence-electron chi connectivity index (χ3n) is 1.46. The van der Waals surface area contributed by atoms with E-state index in [0.29, 0.717) is 4.47 Å². The summed E-state index contributed by atoms with van der Waals surface area (Å²) in [7, 11) is 0. The molecule has 0 aliphatic carbocycles. The van der Waals surface area contributed by atoms with Crippen LogP contribution in [0.2, 0.25) is 0 Å². The Balaban J connectivity index is 0.00000225. The van der Waals surface area contributed by atoms with E-state index in [9.17, 15) is 13.2 Å². The molecule has 0 radical (unpaired) electrons. The van der Waals surface area contributed by atoms with E-state index in [0.717, 1.165) is 6.07 Å². The first-order valence-electron chi connectivity index (χ1n) is 3.69. The van der Waals surface area contributed by atoms with Crippen molar-refractivity contribution in [1.82, 2.24) is 0 Å². The van der Waals surface area contributed by atoms with Crippen molar-refractivity contribution in [2.75, 3.05) is 0 Å². The molecule has 0 aromatic heterocycles. The topological polar surface area (TPSA) is 59.1 Å². The van der Waals surface area contributed by atoms with Gasteiger partial charge in [0.25, 0.3) is 0 Å². The number of nitrogens with two attached hydrogens (primary N) is 1. The molecule has 0 unspecified atom stereocenters. The summed E-state index contributed by atoms with van der Waals surface area (Å²) >= 11 is 3.06. The maximum Gasteiger partial charge on any atom is 0.573 e. The summed E-state index contributed by atoms with van der Waals surface area (Å²) in [4.78, 5) is 0. The fourth-order valence-corrected chi connectivity index (χ4v) is 1.29. The number of benzene rings is 1. The predicted octanol–water partition coefficient (Wildman–Crippen LogP) is 3.05. The molecule has 0 aliphatic heterocycles. The third-order valence-corrected chi connectivity index (χ3v) is 1.95. The lowest BCUT2D eigenvalue weighted by Crippen LogP contribution is -2.21. The predicted molar refractivity (Wildman–Crippen MR) is 59.1 cm³/mol. The Labute approximate surface area is 104 Å². The van der Waals surface area contributed by atoms with Crippen LogP contribution in [-0.4, -0.2) is 12.2 Å². The summed E-state index contributed by atoms with van der Waals surface area (Å²) in [5.41, 5.74) is 5.01. The summed E-state index contributed by atoms with van der Waals surface area (Å²) in [6, 6.07) is 3.74. The van der Waals surface area contributed by atoms with Gasteiger partial charge in [-0.15, -0.1) is 25.6 Å². The summed E-state index contributed by atoms with van der Waals surface area (Å²) in [6.45, 7) is 0. The maximum absolute atomic E-state index is 11.9. The summed E-state index contributed by atoms with van der Waals surface area (Å²) in [5.74, 6) is -0.978. The van der Waals surface area contributed by atoms with Crippen molar-refractivity contribution in [3.05, 3.63) is 28.2 Å². The van der Waals surface area contributed by atoms with Gasteiger partial charge in [-0.3, -0.25) is 5.41 Å². The summed E-state index contributed by atoms with van der Waals surface area (Å²) in [5, 5.41) is 7.09. The second-order valence-corrected chi connectivity index (χ2v) is 3.52. The van der Waals surface area contributed by atoms with Crippen LogP contribution in [0, 0.1) is 5.41 Å². The quantitative estimate of drug-likeness (QED) is 0.650. The monoisotopic (exact) mass is 318 g/mol. The van der Waals surface area contributed by atoms with Crippen molar-refractivity contribution in [2.45, 2.75) is 6.36 Å². The zero-order valence-corrected chi connectivity index (χ0v) is 10.0. The number of alkyl halides is 3. The summed E-state index contributed by atoms with van der Waals surface area (Å²) < 4.78 is 40.0. The Morgan fingerprint density at radius 2 is 1.94 bits per heavy atom. The minimum atomic E-state index is -4.79. The molecule has 1 rings (SSSR count). The molecular formula is C8H7BrClF3N2O. The highest BCUT2D eigenvalue weighted by molar-refractivity contribution is 9.10. The molecule has 0 heterocycles. The zero-order valence-electron chi connectivity index (χ0n) is 7.64. The summed E-state index contributed by atoms with van der Waals surface area (Å²) in [6.07, 6.45) is -4.79. The number of halogens is 5. The Morgan fingerprint density at radius 3 is 2.38 bits per heavy atom. The van der Waals surface area contributed by atoms with Crippen molar-refractivity contribution < 1.29 is 17.9 Å². The maximum atomic E-state index is 11.9. The molecular weight excluding hydrogens is 312 g/mol. The first-order chi connectivity index (χ1) is 6.79. The number of rotatable bonds is 2. The number of amidine groups is 1. The molecule has 0 fully saturated rings. The number of hydrogen-bond acceptors (Lipinski definition) is 2. The molecule has 0 bridgehead atoms. The Morgan fingerprint density at radius 1 is 1.38 bits per heavy atom. The largest absolute Gasteiger partial charge is 0.573 e. The Kier molecular flexibility index (Phi) is 5.08. The molecule has 90 valence electrons. The number of nitrogens with one attached hydrogen (secondary N) is 1. The molecule has 0 saturated carbocycles. The smallest absolute Gasteiger partial charge is 0.405 e. The van der Waals surface area contributed by atoms with Gasteiger partial charge in [-0.25, -0.2) is 0 Å². The molecule has 1 aromatic rings. The number of ether oxygens (including phenoxy) is 1. The van der Waals surface area contributed by atoms with Crippen LogP contribution in [0.4, 0.5) is 13.2 Å². The van der Waals surface area contributed by atoms with Crippen LogP contribution in [0.3, 0.4) is 0 Å². The lowest BCUT2D eigenvalue weighted by molar-refractivity contribution is -0.274. The van der Waals surface area contributed by atoms with Crippen molar-refractivity contribution in [1.29, 1.82) is 5.41 Å². The Bertz CT molecular complexity index is 397. The lowest BCUT2D eigenvalue weighted by atomic mass is 10.2. The highest BCUT2D eigenvalue weighted by Gasteiger charge is 2.32. The minimum absolute atomic E-state index is 0. The average molecular weight is 320 g/mol. The van der Waals surface area contributed by atoms with Crippen LogP contribution in [0.15, 0.2) is 22.7 Å². The Hall–Kier alpha value is -0.950. The van der Waals surface area contributed by atoms with Crippen LogP contribution in [0.1, 0.15) is 5.56 Å². The van der Waals surface area contributed by atoms with Crippen LogP contribution >= 0.6 is 28.3 Å². The highest BCUT2D eigenvalue weighted by Crippen LogP contribution is 2.28. The third kappa shape index (κ3) is 4.28. The molecule has 0 aliphatic rings. The molecule has 0 amide bonds. The second kappa shape index (κ2) is 5.40. The van der Waals surface area contributed by atoms with Crippen molar-refractivity contribution >= 4 is 34.2 Å². The van der Waals surface area contributed by atoms with Crippen LogP contribution in [0.5, 0.6) is 5.75 Å². The van der Waals surface area contributed by atoms with E-state index >= 15 is 0 Å². The zero-order chi connectivity index (χ0) is 11.6. The van der Waals surface area contributed by atoms with E-state index < -0.39 is 17.9 Å². The van der Waals surface area contributed by atoms with Gasteiger partial charge >= 0.3 is 6.36 Å². The molecule has 0 atom stereocenters. The average Bonchev–Trinajstić information content (AvgIpc) is 2.05. The molecule has 16 heavy (non-hydrogen) atoms. The van der Waals surface area contributed by atoms with Gasteiger partial charge in [0.2, 0.25) is 0 Å². The standard InChI is InChI=1S/C8H6BrF3N2O.ClH/c9-4-1-2-6(15-8(10,11)12)5(3-4)7(13)14;/h1-3H,(H3,13,14);1H. The molecule has 8 heteroatoms. The first-order valence-corrected chi connectivity index (χ1v) is 4.48. The lowest BCUT2D eigenvalue weighted by Gasteiger charge is -2.12. The van der Waals surface area contributed by atoms with Gasteiger partial charge in [0.05, 0.1) is 5.56 Å². The van der Waals surface area contributed by atoms with E-state index in [1.807, 2.05) is 0 Å². The minimum Gasteiger partial charge on any atom is -0.405 e. The van der Waals surface area contributed by atoms with E-state index in [4.69, 9.17) is 11.1 Å². The SMILES string of the molecule is Cl.N=C(N)c1cc(Br)ccc1OC(F)(F)F. The number of nitrogen functional groups attached to an aromatic ring is 1. The van der Waals surface area contributed by atoms with Gasteiger partial charge in [0.15, 0.2) is 0 Å². The fraction of sp³-hybridized carbons (Fsp3) is 0.125. The van der Waals surface area contributed by atoms with Gasteiger partial charge in [0, 0.05) is 4.47 Å². The van der Waals surface area contributed by atoms with Crippen LogP contribution in [0.25, 0.3) is 0 Å². The van der Waals surface area contributed by atoms with E-state index in [-0.39, 0.29) is 18.0 Å². The molecule has 3 nitrogen and oxygen atoms in total. The molecule has 0 saturated heterocycles. The van der Waals surface area contributed by atoms with Gasteiger partial charge in [-0.05, 0) is 18.2 Å². The van der Waals surface area contributed by atoms with E-state index in [1.54, 1.807) is 0 Å². The fourth-order valence-electron chi connectivity index (χ4n) is 0.926. The normalized spacial score (nSPS) is 10.5. The van der Waals surface area contributed by atoms with Crippen LogP contribution < -0.4 is 10.5 Å². The highest BCUT2D eigenvalue weighted by atomic mass is 79.9. The van der Waals surface area contributed by atoms with Gasteiger partial charge in [-0.1, -0.05) is 15.9 Å². The van der Waals surface area contributed by atoms with Crippen LogP contribution in [-0.2, 0) is 0 Å². The molecule has 1 aromatic carbocycles. The van der Waals surface area contributed by atoms with E-state index in [2.05, 4.69) is 20.7 Å². The van der Waals surface area contributed by atoms with Crippen molar-refractivity contribution in [3.63, 3.8) is 0 Å². The van der Waals surface area contributed by atoms with E-state index in [1.165, 1.54) is 12.1 Å². The van der Waals surface area contributed by atoms with Crippen molar-refractivity contribution in [2.24, 2.45) is 5.73 Å². The first kappa shape index (κ1) is 15.0. The molecule has 0 spiro atoms. The van der Waals surface area contributed by atoms with Gasteiger partial charge < -0.3 is 10.5 Å². The van der Waals surface area contributed by atoms with Gasteiger partial charge in [-0.2, -0.15) is 0 Å².